The van der Waals surface area contributed by atoms with E-state index in [0.717, 1.165) is 85.0 Å². The van der Waals surface area contributed by atoms with Gasteiger partial charge in [-0.1, -0.05) is 339 Å². The number of amides is 6. The number of carbonyl (C=O) groups excluding carboxylic acids is 6. The van der Waals surface area contributed by atoms with Gasteiger partial charge in [-0.25, -0.2) is 12.6 Å². The Morgan fingerprint density at radius 2 is 0.640 bits per heavy atom. The van der Waals surface area contributed by atoms with Crippen molar-refractivity contribution in [3.05, 3.63) is 422 Å². The molecule has 0 radical (unpaired) electrons. The van der Waals surface area contributed by atoms with Crippen LogP contribution in [0, 0.1) is 0 Å². The fourth-order valence-electron chi connectivity index (χ4n) is 15.5. The second kappa shape index (κ2) is 45.9. The molecule has 0 spiro atoms. The number of carbonyl (C=O) groups is 10. The zero-order valence-electron chi connectivity index (χ0n) is 72.5. The van der Waals surface area contributed by atoms with Crippen molar-refractivity contribution in [2.45, 2.75) is 111 Å². The lowest BCUT2D eigenvalue weighted by Crippen LogP contribution is -2.26. The highest BCUT2D eigenvalue weighted by molar-refractivity contribution is 8.00. The highest BCUT2D eigenvalue weighted by atomic mass is 32.2. The van der Waals surface area contributed by atoms with E-state index in [0.29, 0.717) is 20.9 Å². The van der Waals surface area contributed by atoms with Gasteiger partial charge in [-0.2, -0.15) is 5.06 Å². The predicted octanol–water partition coefficient (Wildman–Crippen LogP) is 22.0. The number of carboxylic acids is 4. The summed E-state index contributed by atoms with van der Waals surface area (Å²) in [6.45, 7) is 0. The molecule has 21 nitrogen and oxygen atoms in total. The normalized spacial score (nSPS) is 14.9. The summed E-state index contributed by atoms with van der Waals surface area (Å²) in [5.41, 5.74) is 13.6. The number of sulfone groups is 1. The van der Waals surface area contributed by atoms with Crippen molar-refractivity contribution in [2.24, 2.45) is 0 Å². The second-order valence-electron chi connectivity index (χ2n) is 31.3. The molecule has 136 heavy (non-hydrogen) atoms. The molecule has 15 aromatic rings. The first kappa shape index (κ1) is 96.8. The molecule has 7 N–H and O–H groups in total. The maximum atomic E-state index is 13.2. The summed E-state index contributed by atoms with van der Waals surface area (Å²) in [7, 11) is -5.47. The lowest BCUT2D eigenvalue weighted by Gasteiger charge is -2.15. The van der Waals surface area contributed by atoms with Gasteiger partial charge in [0.05, 0.1) is 63.0 Å². The van der Waals surface area contributed by atoms with Crippen LogP contribution in [0.4, 0.5) is 0 Å². The van der Waals surface area contributed by atoms with E-state index in [4.69, 9.17) is 10.2 Å². The molecule has 3 saturated heterocycles. The molecule has 0 saturated carbocycles. The smallest absolute Gasteiger partial charge is 0.311 e. The Morgan fingerprint density at radius 3 is 1.01 bits per heavy atom. The van der Waals surface area contributed by atoms with Crippen LogP contribution in [0.3, 0.4) is 0 Å². The lowest BCUT2D eigenvalue weighted by molar-refractivity contribution is -0.171. The number of nitrogens with one attached hydrogen (secondary N) is 2. The summed E-state index contributed by atoms with van der Waals surface area (Å²) in [6, 6.07) is 123. The molecule has 0 bridgehead atoms. The molecule has 3 fully saturated rings. The first-order valence-corrected chi connectivity index (χ1v) is 47.9. The van der Waals surface area contributed by atoms with Gasteiger partial charge >= 0.3 is 23.9 Å². The van der Waals surface area contributed by atoms with E-state index in [1.54, 1.807) is 108 Å². The fourth-order valence-corrected chi connectivity index (χ4v) is 21.3. The van der Waals surface area contributed by atoms with Crippen molar-refractivity contribution in [1.29, 1.82) is 0 Å². The number of aliphatic carboxylic acids is 4. The summed E-state index contributed by atoms with van der Waals surface area (Å²) >= 11 is 4.60. The Labute approximate surface area is 799 Å². The predicted molar refractivity (Wildman–Crippen MR) is 521 cm³/mol. The summed E-state index contributed by atoms with van der Waals surface area (Å²) in [5.74, 6) is -11.3. The van der Waals surface area contributed by atoms with Gasteiger partial charge in [-0.05, 0) is 174 Å². The number of imide groups is 3. The second-order valence-corrected chi connectivity index (χ2v) is 38.0. The van der Waals surface area contributed by atoms with E-state index >= 15 is 0 Å². The van der Waals surface area contributed by atoms with Gasteiger partial charge in [0, 0.05) is 58.4 Å². The summed E-state index contributed by atoms with van der Waals surface area (Å²) in [4.78, 5) is 123. The molecule has 18 rings (SSSR count). The van der Waals surface area contributed by atoms with Gasteiger partial charge in [0.2, 0.25) is 33.5 Å². The van der Waals surface area contributed by atoms with Crippen LogP contribution < -0.4 is 10.6 Å². The van der Waals surface area contributed by atoms with E-state index in [2.05, 4.69) is 71.3 Å². The van der Waals surface area contributed by atoms with Crippen molar-refractivity contribution < 1.29 is 86.2 Å². The number of rotatable bonds is 26. The van der Waals surface area contributed by atoms with Crippen LogP contribution in [0.2, 0.25) is 0 Å². The summed E-state index contributed by atoms with van der Waals surface area (Å²) in [5, 5.41) is 51.4. The molecule has 3 aliphatic rings. The molecule has 15 aromatic carbocycles. The van der Waals surface area contributed by atoms with Gasteiger partial charge in [-0.3, -0.25) is 63.8 Å². The average Bonchev–Trinajstić information content (AvgIpc) is 1.41. The summed E-state index contributed by atoms with van der Waals surface area (Å²) in [6.07, 6.45) is -0.835. The van der Waals surface area contributed by atoms with E-state index in [1.165, 1.54) is 35.0 Å². The SMILES string of the molecule is O=C(O)CC(C(=O)O)c1ccccc1S(=O)c1ccc(-c2ccccc2)cc1.O=C(O)CC(C(=O)O)c1ccccc1Sc1ccc(-c2ccccc2)cc1.O=C1CC(c2ccccc2S(=O)(=O)c2ccc(-c3ccccc3)cc2)C(=O)N1.O=C1CC(c2ccccc2Sc2ccc(-c3ccccc3)cc2)C(=O)N1.O=C1CC(c2ccccc2Sc2ccc(-c3ccccc3)cc2)C(=O)N1O. The topological polar surface area (TPSA) is 350 Å². The van der Waals surface area contributed by atoms with Gasteiger partial charge in [0.1, 0.15) is 0 Å². The minimum absolute atomic E-state index is 0.000147. The van der Waals surface area contributed by atoms with Crippen LogP contribution in [0.15, 0.2) is 443 Å². The van der Waals surface area contributed by atoms with Crippen LogP contribution in [0.1, 0.15) is 89.5 Å². The van der Waals surface area contributed by atoms with E-state index in [1.807, 2.05) is 237 Å². The van der Waals surface area contributed by atoms with Crippen LogP contribution >= 0.6 is 35.3 Å². The van der Waals surface area contributed by atoms with Gasteiger partial charge in [-0.15, -0.1) is 0 Å². The van der Waals surface area contributed by atoms with Gasteiger partial charge in [0.25, 0.3) is 11.8 Å². The van der Waals surface area contributed by atoms with Crippen molar-refractivity contribution in [2.75, 3.05) is 0 Å². The van der Waals surface area contributed by atoms with Crippen LogP contribution in [0.25, 0.3) is 55.6 Å². The maximum absolute atomic E-state index is 13.2. The standard InChI is InChI=1S/C22H17NO4S.C22H17NO3S.C22H17NO2S.C22H18O5S.C22H18O4S/c24-21-14-19(22(25)23-21)18-8-4-5-9-20(18)28(26,27)17-12-10-16(11-13-17)15-6-2-1-3-7-15;24-21-14-19(22(25)23(21)26)18-8-4-5-9-20(18)27-17-12-10-16(11-13-17)15-6-2-1-3-7-15;24-21-14-19(22(25)23-21)18-8-4-5-9-20(18)26-17-12-10-16(11-13-17)15-6-2-1-3-7-15;23-21(24)14-19(22(25)26)18-8-4-5-9-20(18)28(27)17-12-10-16(11-13-17)15-6-2-1-3-7-15;23-21(24)14-19(22(25)26)18-8-4-5-9-20(18)27-17-12-10-16(11-13-17)15-6-2-1-3-7-15/h1-13,19H,14H2,(H,23,24,25);1-13,19,26H,14H2;1-13,19H,14H2,(H,23,24,25);1-13,19H,14H2,(H,23,24)(H,25,26);1-13,19H,14H2,(H,23,24)(H,25,26). The Bertz CT molecular complexity index is 6860. The minimum Gasteiger partial charge on any atom is -0.481 e. The third kappa shape index (κ3) is 24.8. The van der Waals surface area contributed by atoms with Crippen molar-refractivity contribution >= 4 is 115 Å². The largest absolute Gasteiger partial charge is 0.481 e. The quantitative estimate of drug-likeness (QED) is 0.0196. The Kier molecular flexibility index (Phi) is 32.7. The third-order valence-corrected chi connectivity index (χ3v) is 29.0. The van der Waals surface area contributed by atoms with Gasteiger partial charge < -0.3 is 20.4 Å². The highest BCUT2D eigenvalue weighted by Gasteiger charge is 2.41. The third-order valence-electron chi connectivity index (χ3n) is 22.4. The summed E-state index contributed by atoms with van der Waals surface area (Å²) < 4.78 is 39.6. The first-order chi connectivity index (χ1) is 65.8. The molecule has 26 heteroatoms. The molecule has 3 heterocycles. The van der Waals surface area contributed by atoms with Crippen LogP contribution in [0.5, 0.6) is 0 Å². The number of nitrogens with zero attached hydrogens (tertiary/aromatic N) is 1. The minimum atomic E-state index is -3.84. The van der Waals surface area contributed by atoms with Crippen LogP contribution in [-0.2, 0) is 68.6 Å². The van der Waals surface area contributed by atoms with Crippen molar-refractivity contribution in [3.8, 4) is 55.6 Å². The molecular formula is C110H87N3O18S5. The fraction of sp³-hybridized carbons (Fsp3) is 0.0909. The Morgan fingerprint density at radius 1 is 0.338 bits per heavy atom. The van der Waals surface area contributed by atoms with Crippen LogP contribution in [-0.4, -0.2) is 103 Å². The molecule has 3 aliphatic heterocycles. The molecular weight excluding hydrogens is 1810 g/mol. The Balaban J connectivity index is 0.000000136. The number of hydrogen-bond acceptors (Lipinski definition) is 17. The van der Waals surface area contributed by atoms with E-state index in [-0.39, 0.29) is 51.5 Å². The number of hydroxylamine groups is 2. The monoisotopic (exact) mass is 1900 g/mol. The first-order valence-electron chi connectivity index (χ1n) is 42.9. The van der Waals surface area contributed by atoms with Gasteiger partial charge in [0.15, 0.2) is 0 Å². The zero-order valence-corrected chi connectivity index (χ0v) is 76.6. The van der Waals surface area contributed by atoms with Crippen molar-refractivity contribution in [3.63, 3.8) is 0 Å². The number of benzene rings is 15. The highest BCUT2D eigenvalue weighted by Crippen LogP contribution is 2.43. The number of hydrogen-bond donors (Lipinski definition) is 7. The zero-order chi connectivity index (χ0) is 95.8. The molecule has 0 aliphatic carbocycles. The number of carboxylic acid groups (broad SMARTS) is 4. The Hall–Kier alpha value is -15.3. The van der Waals surface area contributed by atoms with E-state index in [9.17, 15) is 76.0 Å². The molecule has 6 unspecified atom stereocenters. The maximum Gasteiger partial charge on any atom is 0.311 e. The molecule has 0 aromatic heterocycles. The molecule has 6 amide bonds. The lowest BCUT2D eigenvalue weighted by atomic mass is 9.96. The molecule has 680 valence electrons. The van der Waals surface area contributed by atoms with Crippen molar-refractivity contribution in [1.82, 2.24) is 15.7 Å². The van der Waals surface area contributed by atoms with E-state index < -0.39 is 111 Å². The average molecular weight is 1900 g/mol. The molecule has 6 atom stereocenters.